The first-order valence-corrected chi connectivity index (χ1v) is 9.82. The second-order valence-electron chi connectivity index (χ2n) is 6.82. The number of hydrogen-bond acceptors (Lipinski definition) is 2. The average Bonchev–Trinajstić information content (AvgIpc) is 2.71. The van der Waals surface area contributed by atoms with E-state index in [1.54, 1.807) is 0 Å². The third kappa shape index (κ3) is 4.37. The molecule has 0 unspecified atom stereocenters. The molecule has 0 aliphatic heterocycles. The largest absolute Gasteiger partial charge is 0.236 e. The van der Waals surface area contributed by atoms with Gasteiger partial charge in [-0.3, -0.25) is 0 Å². The van der Waals surface area contributed by atoms with Crippen LogP contribution in [0, 0.1) is 0 Å². The predicted octanol–water partition coefficient (Wildman–Crippen LogP) is 6.50. The van der Waals surface area contributed by atoms with E-state index < -0.39 is 0 Å². The van der Waals surface area contributed by atoms with E-state index in [9.17, 15) is 0 Å². The molecule has 0 spiro atoms. The molecule has 2 heteroatoms. The molecule has 0 radical (unpaired) electrons. The van der Waals surface area contributed by atoms with E-state index in [2.05, 4.69) is 62.4 Å². The Morgan fingerprint density at radius 2 is 1.15 bits per heavy atom. The van der Waals surface area contributed by atoms with E-state index in [1.807, 2.05) is 12.4 Å². The Morgan fingerprint density at radius 3 is 1.73 bits per heavy atom. The molecule has 0 fully saturated rings. The van der Waals surface area contributed by atoms with Crippen molar-refractivity contribution in [2.75, 3.05) is 0 Å². The van der Waals surface area contributed by atoms with Crippen LogP contribution >= 0.6 is 0 Å². The Balaban J connectivity index is 1.89. The molecular formula is C24H28N2. The highest BCUT2D eigenvalue weighted by atomic mass is 14.9. The fraction of sp³-hybridized carbons (Fsp3) is 0.333. The topological polar surface area (TPSA) is 25.8 Å². The molecular weight excluding hydrogens is 316 g/mol. The van der Waals surface area contributed by atoms with Gasteiger partial charge in [0.2, 0.25) is 0 Å². The molecule has 0 saturated heterocycles. The molecule has 0 amide bonds. The molecule has 2 aromatic carbocycles. The number of benzene rings is 2. The fourth-order valence-corrected chi connectivity index (χ4v) is 3.32. The van der Waals surface area contributed by atoms with Gasteiger partial charge in [-0.15, -0.1) is 0 Å². The van der Waals surface area contributed by atoms with E-state index in [4.69, 9.17) is 9.97 Å². The maximum Gasteiger partial charge on any atom is 0.159 e. The SMILES string of the molecule is CCCCc1ccccc1-c1cnc(-c2ccccc2CCCC)nc1. The molecule has 0 bridgehead atoms. The Bertz CT molecular complexity index is 751. The van der Waals surface area contributed by atoms with Crippen LogP contribution in [0.3, 0.4) is 0 Å². The molecule has 1 heterocycles. The van der Waals surface area contributed by atoms with E-state index in [1.165, 1.54) is 42.4 Å². The molecule has 0 aliphatic rings. The first-order valence-electron chi connectivity index (χ1n) is 9.82. The number of aryl methyl sites for hydroxylation is 2. The molecule has 3 aromatic rings. The minimum absolute atomic E-state index is 0.825. The van der Waals surface area contributed by atoms with E-state index in [-0.39, 0.29) is 0 Å². The van der Waals surface area contributed by atoms with E-state index in [0.29, 0.717) is 0 Å². The standard InChI is InChI=1S/C24H28N2/c1-3-5-11-19-13-7-9-15-22(19)21-17-25-24(26-18-21)23-16-10-8-14-20(23)12-6-4-2/h7-10,13-18H,3-6,11-12H2,1-2H3. The molecule has 26 heavy (non-hydrogen) atoms. The van der Waals surface area contributed by atoms with Crippen LogP contribution in [0.1, 0.15) is 50.7 Å². The first-order chi connectivity index (χ1) is 12.8. The van der Waals surface area contributed by atoms with Gasteiger partial charge in [-0.05, 0) is 42.4 Å². The first kappa shape index (κ1) is 18.3. The van der Waals surface area contributed by atoms with Crippen molar-refractivity contribution >= 4 is 0 Å². The highest BCUT2D eigenvalue weighted by molar-refractivity contribution is 5.68. The van der Waals surface area contributed by atoms with E-state index in [0.717, 1.165) is 29.8 Å². The van der Waals surface area contributed by atoms with E-state index >= 15 is 0 Å². The van der Waals surface area contributed by atoms with Crippen molar-refractivity contribution in [1.82, 2.24) is 9.97 Å². The summed E-state index contributed by atoms with van der Waals surface area (Å²) in [6.45, 7) is 4.46. The summed E-state index contributed by atoms with van der Waals surface area (Å²) in [7, 11) is 0. The van der Waals surface area contributed by atoms with Crippen LogP contribution in [0.2, 0.25) is 0 Å². The molecule has 134 valence electrons. The normalized spacial score (nSPS) is 10.8. The minimum atomic E-state index is 0.825. The number of hydrogen-bond donors (Lipinski definition) is 0. The van der Waals surface area contributed by atoms with Crippen molar-refractivity contribution in [3.8, 4) is 22.5 Å². The maximum absolute atomic E-state index is 4.70. The Kier molecular flexibility index (Phi) is 6.54. The van der Waals surface area contributed by atoms with Crippen molar-refractivity contribution in [2.45, 2.75) is 52.4 Å². The van der Waals surface area contributed by atoms with Gasteiger partial charge < -0.3 is 0 Å². The Hall–Kier alpha value is -2.48. The minimum Gasteiger partial charge on any atom is -0.236 e. The van der Waals surface area contributed by atoms with Crippen LogP contribution in [-0.4, -0.2) is 9.97 Å². The summed E-state index contributed by atoms with van der Waals surface area (Å²) in [6, 6.07) is 17.1. The zero-order valence-corrected chi connectivity index (χ0v) is 15.9. The van der Waals surface area contributed by atoms with Crippen LogP contribution < -0.4 is 0 Å². The Labute approximate surface area is 157 Å². The molecule has 0 saturated carbocycles. The number of unbranched alkanes of at least 4 members (excludes halogenated alkanes) is 2. The van der Waals surface area contributed by atoms with Gasteiger partial charge in [-0.25, -0.2) is 9.97 Å². The second kappa shape index (κ2) is 9.28. The van der Waals surface area contributed by atoms with Crippen molar-refractivity contribution in [3.05, 3.63) is 72.1 Å². The van der Waals surface area contributed by atoms with Crippen molar-refractivity contribution in [2.24, 2.45) is 0 Å². The number of nitrogens with zero attached hydrogens (tertiary/aromatic N) is 2. The number of rotatable bonds is 8. The average molecular weight is 345 g/mol. The summed E-state index contributed by atoms with van der Waals surface area (Å²) in [5.74, 6) is 0.825. The summed E-state index contributed by atoms with van der Waals surface area (Å²) in [4.78, 5) is 9.41. The monoisotopic (exact) mass is 344 g/mol. The smallest absolute Gasteiger partial charge is 0.159 e. The van der Waals surface area contributed by atoms with Crippen molar-refractivity contribution < 1.29 is 0 Å². The summed E-state index contributed by atoms with van der Waals surface area (Å²) >= 11 is 0. The van der Waals surface area contributed by atoms with Gasteiger partial charge in [0.15, 0.2) is 5.82 Å². The lowest BCUT2D eigenvalue weighted by Crippen LogP contribution is -1.96. The third-order valence-corrected chi connectivity index (χ3v) is 4.84. The quantitative estimate of drug-likeness (QED) is 0.466. The van der Waals surface area contributed by atoms with Crippen LogP contribution in [-0.2, 0) is 12.8 Å². The molecule has 0 aliphatic carbocycles. The lowest BCUT2D eigenvalue weighted by atomic mass is 9.98. The summed E-state index contributed by atoms with van der Waals surface area (Å²) in [5, 5.41) is 0. The second-order valence-corrected chi connectivity index (χ2v) is 6.82. The zero-order valence-electron chi connectivity index (χ0n) is 15.9. The number of aromatic nitrogens is 2. The zero-order chi connectivity index (χ0) is 18.2. The lowest BCUT2D eigenvalue weighted by molar-refractivity contribution is 0.795. The molecule has 0 N–H and O–H groups in total. The molecule has 0 atom stereocenters. The summed E-state index contributed by atoms with van der Waals surface area (Å²) < 4.78 is 0. The van der Waals surface area contributed by atoms with Gasteiger partial charge in [0, 0.05) is 23.5 Å². The van der Waals surface area contributed by atoms with Crippen LogP contribution in [0.25, 0.3) is 22.5 Å². The van der Waals surface area contributed by atoms with Crippen molar-refractivity contribution in [3.63, 3.8) is 0 Å². The van der Waals surface area contributed by atoms with Crippen LogP contribution in [0.4, 0.5) is 0 Å². The predicted molar refractivity (Wildman–Crippen MR) is 110 cm³/mol. The van der Waals surface area contributed by atoms with Gasteiger partial charge in [-0.1, -0.05) is 75.2 Å². The highest BCUT2D eigenvalue weighted by Crippen LogP contribution is 2.26. The fourth-order valence-electron chi connectivity index (χ4n) is 3.32. The molecule has 2 nitrogen and oxygen atoms in total. The van der Waals surface area contributed by atoms with Crippen LogP contribution in [0.15, 0.2) is 60.9 Å². The van der Waals surface area contributed by atoms with Crippen LogP contribution in [0.5, 0.6) is 0 Å². The van der Waals surface area contributed by atoms with Gasteiger partial charge in [0.25, 0.3) is 0 Å². The maximum atomic E-state index is 4.70. The van der Waals surface area contributed by atoms with Gasteiger partial charge in [-0.2, -0.15) is 0 Å². The van der Waals surface area contributed by atoms with Gasteiger partial charge in [0.05, 0.1) is 0 Å². The third-order valence-electron chi connectivity index (χ3n) is 4.84. The summed E-state index contributed by atoms with van der Waals surface area (Å²) in [6.07, 6.45) is 10.9. The highest BCUT2D eigenvalue weighted by Gasteiger charge is 2.09. The van der Waals surface area contributed by atoms with Gasteiger partial charge in [0.1, 0.15) is 0 Å². The lowest BCUT2D eigenvalue weighted by Gasteiger charge is -2.11. The van der Waals surface area contributed by atoms with Gasteiger partial charge >= 0.3 is 0 Å². The molecule has 1 aromatic heterocycles. The molecule has 3 rings (SSSR count). The Morgan fingerprint density at radius 1 is 0.654 bits per heavy atom. The van der Waals surface area contributed by atoms with Crippen molar-refractivity contribution in [1.29, 1.82) is 0 Å². The summed E-state index contributed by atoms with van der Waals surface area (Å²) in [5.41, 5.74) is 6.24.